The SMILES string of the molecule is Cc1ccc(S(=O)(=O)/C(C#N)=C/c2cc(O)c(O)c(Cl)c2)cc1. The molecule has 0 aliphatic heterocycles. The van der Waals surface area contributed by atoms with Crippen LogP contribution in [-0.2, 0) is 9.84 Å². The average molecular weight is 350 g/mol. The lowest BCUT2D eigenvalue weighted by Crippen LogP contribution is -2.03. The molecule has 0 heterocycles. The summed E-state index contributed by atoms with van der Waals surface area (Å²) in [5.74, 6) is -1.02. The molecule has 0 radical (unpaired) electrons. The van der Waals surface area contributed by atoms with Crippen molar-refractivity contribution in [2.75, 3.05) is 0 Å². The number of sulfone groups is 1. The molecular weight excluding hydrogens is 338 g/mol. The van der Waals surface area contributed by atoms with Gasteiger partial charge in [-0.25, -0.2) is 8.42 Å². The van der Waals surface area contributed by atoms with Gasteiger partial charge in [0, 0.05) is 0 Å². The van der Waals surface area contributed by atoms with Gasteiger partial charge in [0.2, 0.25) is 9.84 Å². The van der Waals surface area contributed by atoms with Crippen molar-refractivity contribution in [3.05, 3.63) is 57.5 Å². The highest BCUT2D eigenvalue weighted by Gasteiger charge is 2.21. The van der Waals surface area contributed by atoms with Crippen LogP contribution in [0.15, 0.2) is 46.2 Å². The standard InChI is InChI=1S/C16H12ClNO4S/c1-10-2-4-12(5-3-10)23(21,22)13(9-18)6-11-7-14(17)16(20)15(19)8-11/h2-8,19-20H,1H3/b13-6+. The minimum Gasteiger partial charge on any atom is -0.504 e. The molecule has 2 aromatic carbocycles. The van der Waals surface area contributed by atoms with E-state index < -0.39 is 26.2 Å². The highest BCUT2D eigenvalue weighted by Crippen LogP contribution is 2.35. The lowest BCUT2D eigenvalue weighted by molar-refractivity contribution is 0.404. The van der Waals surface area contributed by atoms with E-state index in [1.807, 2.05) is 6.92 Å². The number of benzene rings is 2. The van der Waals surface area contributed by atoms with E-state index in [4.69, 9.17) is 11.6 Å². The van der Waals surface area contributed by atoms with Crippen molar-refractivity contribution in [3.63, 3.8) is 0 Å². The van der Waals surface area contributed by atoms with E-state index in [-0.39, 0.29) is 15.5 Å². The maximum atomic E-state index is 12.5. The normalized spacial score (nSPS) is 12.0. The molecule has 0 aromatic heterocycles. The largest absolute Gasteiger partial charge is 0.504 e. The summed E-state index contributed by atoms with van der Waals surface area (Å²) < 4.78 is 25.0. The van der Waals surface area contributed by atoms with Crippen molar-refractivity contribution in [2.45, 2.75) is 11.8 Å². The van der Waals surface area contributed by atoms with Gasteiger partial charge in [-0.3, -0.25) is 0 Å². The Morgan fingerprint density at radius 2 is 1.83 bits per heavy atom. The highest BCUT2D eigenvalue weighted by molar-refractivity contribution is 7.95. The Hall–Kier alpha value is -2.49. The minimum atomic E-state index is -3.99. The third kappa shape index (κ3) is 3.47. The summed E-state index contributed by atoms with van der Waals surface area (Å²) in [5.41, 5.74) is 1.07. The Kier molecular flexibility index (Phi) is 4.64. The van der Waals surface area contributed by atoms with Crippen LogP contribution in [0.3, 0.4) is 0 Å². The van der Waals surface area contributed by atoms with E-state index in [0.29, 0.717) is 0 Å². The number of phenols is 2. The lowest BCUT2D eigenvalue weighted by atomic mass is 10.2. The zero-order valence-corrected chi connectivity index (χ0v) is 13.6. The molecule has 5 nitrogen and oxygen atoms in total. The number of aryl methyl sites for hydroxylation is 1. The number of allylic oxidation sites excluding steroid dienone is 1. The first-order valence-corrected chi connectivity index (χ1v) is 8.27. The molecule has 0 saturated heterocycles. The quantitative estimate of drug-likeness (QED) is 0.653. The molecule has 0 unspecified atom stereocenters. The number of hydrogen-bond acceptors (Lipinski definition) is 5. The molecule has 0 saturated carbocycles. The molecule has 0 aliphatic rings. The maximum Gasteiger partial charge on any atom is 0.216 e. The smallest absolute Gasteiger partial charge is 0.216 e. The second-order valence-electron chi connectivity index (χ2n) is 4.81. The summed E-state index contributed by atoms with van der Waals surface area (Å²) in [5, 5.41) is 28.0. The molecule has 0 fully saturated rings. The van der Waals surface area contributed by atoms with Crippen LogP contribution in [0, 0.1) is 18.3 Å². The molecule has 2 rings (SSSR count). The van der Waals surface area contributed by atoms with Crippen LogP contribution in [0.25, 0.3) is 6.08 Å². The van der Waals surface area contributed by atoms with E-state index in [0.717, 1.165) is 17.7 Å². The van der Waals surface area contributed by atoms with Gasteiger partial charge in [-0.05, 0) is 42.8 Å². The van der Waals surface area contributed by atoms with Crippen LogP contribution in [0.5, 0.6) is 11.5 Å². The van der Waals surface area contributed by atoms with Crippen molar-refractivity contribution in [3.8, 4) is 17.6 Å². The Bertz CT molecular complexity index is 903. The fraction of sp³-hybridized carbons (Fsp3) is 0.0625. The fourth-order valence-corrected chi connectivity index (χ4v) is 3.24. The monoisotopic (exact) mass is 349 g/mol. The number of aromatic hydroxyl groups is 2. The Labute approximate surface area is 138 Å². The number of halogens is 1. The van der Waals surface area contributed by atoms with Crippen LogP contribution in [0.4, 0.5) is 0 Å². The van der Waals surface area contributed by atoms with Gasteiger partial charge >= 0.3 is 0 Å². The van der Waals surface area contributed by atoms with Crippen LogP contribution in [0.2, 0.25) is 5.02 Å². The minimum absolute atomic E-state index is 0.00926. The Morgan fingerprint density at radius 3 is 2.35 bits per heavy atom. The summed E-state index contributed by atoms with van der Waals surface area (Å²) in [7, 11) is -3.99. The number of rotatable bonds is 3. The van der Waals surface area contributed by atoms with Gasteiger partial charge in [-0.2, -0.15) is 5.26 Å². The zero-order valence-electron chi connectivity index (χ0n) is 12.0. The molecule has 2 aromatic rings. The molecular formula is C16H12ClNO4S. The second kappa shape index (κ2) is 6.32. The van der Waals surface area contributed by atoms with Gasteiger partial charge in [-0.15, -0.1) is 0 Å². The summed E-state index contributed by atoms with van der Waals surface area (Å²) in [4.78, 5) is -0.507. The fourth-order valence-electron chi connectivity index (χ4n) is 1.85. The topological polar surface area (TPSA) is 98.4 Å². The maximum absolute atomic E-state index is 12.5. The van der Waals surface area contributed by atoms with Crippen molar-refractivity contribution in [1.82, 2.24) is 0 Å². The van der Waals surface area contributed by atoms with Gasteiger partial charge < -0.3 is 10.2 Å². The van der Waals surface area contributed by atoms with Crippen LogP contribution in [-0.4, -0.2) is 18.6 Å². The van der Waals surface area contributed by atoms with Crippen molar-refractivity contribution >= 4 is 27.5 Å². The summed E-state index contributed by atoms with van der Waals surface area (Å²) >= 11 is 5.72. The van der Waals surface area contributed by atoms with Gasteiger partial charge in [0.05, 0.1) is 9.92 Å². The third-order valence-electron chi connectivity index (χ3n) is 3.09. The van der Waals surface area contributed by atoms with E-state index in [1.54, 1.807) is 18.2 Å². The number of phenolic OH excluding ortho intramolecular Hbond substituents is 2. The molecule has 0 amide bonds. The van der Waals surface area contributed by atoms with Crippen molar-refractivity contribution in [1.29, 1.82) is 5.26 Å². The van der Waals surface area contributed by atoms with Crippen LogP contribution in [0.1, 0.15) is 11.1 Å². The summed E-state index contributed by atoms with van der Waals surface area (Å²) in [6, 6.07) is 10.1. The first kappa shape index (κ1) is 16.9. The van der Waals surface area contributed by atoms with E-state index in [1.165, 1.54) is 18.2 Å². The Balaban J connectivity index is 2.55. The predicted molar refractivity (Wildman–Crippen MR) is 86.7 cm³/mol. The molecule has 0 spiro atoms. The van der Waals surface area contributed by atoms with E-state index >= 15 is 0 Å². The Morgan fingerprint density at radius 1 is 1.22 bits per heavy atom. The first-order valence-electron chi connectivity index (χ1n) is 6.40. The van der Waals surface area contributed by atoms with E-state index in [2.05, 4.69) is 0 Å². The van der Waals surface area contributed by atoms with Crippen molar-refractivity contribution in [2.24, 2.45) is 0 Å². The number of hydrogen-bond donors (Lipinski definition) is 2. The molecule has 2 N–H and O–H groups in total. The molecule has 0 atom stereocenters. The van der Waals surface area contributed by atoms with Gasteiger partial charge in [-0.1, -0.05) is 29.3 Å². The third-order valence-corrected chi connectivity index (χ3v) is 5.06. The second-order valence-corrected chi connectivity index (χ2v) is 7.13. The van der Waals surface area contributed by atoms with Gasteiger partial charge in [0.1, 0.15) is 11.0 Å². The van der Waals surface area contributed by atoms with Crippen LogP contribution >= 0.6 is 11.6 Å². The highest BCUT2D eigenvalue weighted by atomic mass is 35.5. The number of nitriles is 1. The van der Waals surface area contributed by atoms with E-state index in [9.17, 15) is 23.9 Å². The van der Waals surface area contributed by atoms with Gasteiger partial charge in [0.25, 0.3) is 0 Å². The zero-order chi connectivity index (χ0) is 17.2. The van der Waals surface area contributed by atoms with Crippen LogP contribution < -0.4 is 0 Å². The molecule has 118 valence electrons. The number of nitrogens with zero attached hydrogens (tertiary/aromatic N) is 1. The van der Waals surface area contributed by atoms with Crippen molar-refractivity contribution < 1.29 is 18.6 Å². The molecule has 7 heteroatoms. The molecule has 0 bridgehead atoms. The summed E-state index contributed by atoms with van der Waals surface area (Å²) in [6.45, 7) is 1.82. The summed E-state index contributed by atoms with van der Waals surface area (Å²) in [6.07, 6.45) is 1.08. The first-order chi connectivity index (χ1) is 10.8. The van der Waals surface area contributed by atoms with Gasteiger partial charge in [0.15, 0.2) is 11.5 Å². The predicted octanol–water partition coefficient (Wildman–Crippen LogP) is 3.40. The average Bonchev–Trinajstić information content (AvgIpc) is 2.50. The molecule has 23 heavy (non-hydrogen) atoms. The lowest BCUT2D eigenvalue weighted by Gasteiger charge is -2.05. The molecule has 0 aliphatic carbocycles.